The Labute approximate surface area is 95.6 Å². The molecule has 0 aliphatic carbocycles. The molecule has 0 atom stereocenters. The van der Waals surface area contributed by atoms with Crippen molar-refractivity contribution in [3.05, 3.63) is 0 Å². The summed E-state index contributed by atoms with van der Waals surface area (Å²) in [6.07, 6.45) is 0.929. The van der Waals surface area contributed by atoms with Crippen molar-refractivity contribution in [1.29, 1.82) is 0 Å². The standard InChI is InChI=1S/C10H20N2O4/c1-3-4-6-12(10(14)15)7-5-9(13)11-8-16-2/h3-8H2,1-2H3,(H,11,13)(H,14,15). The van der Waals surface area contributed by atoms with Crippen LogP contribution in [0.1, 0.15) is 26.2 Å². The van der Waals surface area contributed by atoms with Crippen LogP contribution in [0.15, 0.2) is 0 Å². The molecule has 0 saturated carbocycles. The van der Waals surface area contributed by atoms with Crippen LogP contribution in [0.2, 0.25) is 0 Å². The molecule has 2 N–H and O–H groups in total. The second kappa shape index (κ2) is 8.96. The van der Waals surface area contributed by atoms with Crippen LogP contribution >= 0.6 is 0 Å². The van der Waals surface area contributed by atoms with Crippen molar-refractivity contribution >= 4 is 12.0 Å². The van der Waals surface area contributed by atoms with Crippen molar-refractivity contribution < 1.29 is 19.4 Å². The fraction of sp³-hybridized carbons (Fsp3) is 0.800. The van der Waals surface area contributed by atoms with E-state index in [0.717, 1.165) is 12.8 Å². The highest BCUT2D eigenvalue weighted by molar-refractivity contribution is 5.76. The van der Waals surface area contributed by atoms with Crippen molar-refractivity contribution in [3.8, 4) is 0 Å². The van der Waals surface area contributed by atoms with E-state index in [1.54, 1.807) is 0 Å². The van der Waals surface area contributed by atoms with Gasteiger partial charge in [-0.15, -0.1) is 0 Å². The first-order valence-electron chi connectivity index (χ1n) is 5.35. The van der Waals surface area contributed by atoms with Gasteiger partial charge in [0.05, 0.1) is 0 Å². The Kier molecular flexibility index (Phi) is 8.24. The molecule has 2 amide bonds. The Hall–Kier alpha value is -1.30. The van der Waals surface area contributed by atoms with E-state index in [4.69, 9.17) is 5.11 Å². The molecule has 0 fully saturated rings. The molecule has 0 rings (SSSR count). The zero-order valence-corrected chi connectivity index (χ0v) is 9.86. The van der Waals surface area contributed by atoms with Crippen molar-refractivity contribution in [2.24, 2.45) is 0 Å². The molecule has 94 valence electrons. The third-order valence-corrected chi connectivity index (χ3v) is 2.07. The molecular formula is C10H20N2O4. The number of amides is 2. The van der Waals surface area contributed by atoms with Crippen LogP contribution in [-0.4, -0.2) is 48.9 Å². The van der Waals surface area contributed by atoms with Crippen LogP contribution in [0.3, 0.4) is 0 Å². The van der Waals surface area contributed by atoms with E-state index in [9.17, 15) is 9.59 Å². The van der Waals surface area contributed by atoms with E-state index in [2.05, 4.69) is 10.1 Å². The molecule has 0 aromatic heterocycles. The van der Waals surface area contributed by atoms with Gasteiger partial charge in [-0.3, -0.25) is 4.79 Å². The molecule has 16 heavy (non-hydrogen) atoms. The Morgan fingerprint density at radius 3 is 2.56 bits per heavy atom. The minimum atomic E-state index is -0.979. The first-order valence-corrected chi connectivity index (χ1v) is 5.35. The summed E-state index contributed by atoms with van der Waals surface area (Å²) in [6.45, 7) is 2.85. The molecule has 0 heterocycles. The normalized spacial score (nSPS) is 9.88. The van der Waals surface area contributed by atoms with Crippen LogP contribution in [-0.2, 0) is 9.53 Å². The quantitative estimate of drug-likeness (QED) is 0.609. The fourth-order valence-corrected chi connectivity index (χ4v) is 1.13. The van der Waals surface area contributed by atoms with Crippen LogP contribution < -0.4 is 5.32 Å². The Bertz CT molecular complexity index is 221. The maximum Gasteiger partial charge on any atom is 0.407 e. The average molecular weight is 232 g/mol. The van der Waals surface area contributed by atoms with Gasteiger partial charge in [0.15, 0.2) is 0 Å². The average Bonchev–Trinajstić information content (AvgIpc) is 2.25. The predicted octanol–water partition coefficient (Wildman–Crippen LogP) is 0.877. The lowest BCUT2D eigenvalue weighted by Crippen LogP contribution is -2.35. The number of nitrogens with one attached hydrogen (secondary N) is 1. The van der Waals surface area contributed by atoms with E-state index in [1.165, 1.54) is 12.0 Å². The summed E-state index contributed by atoms with van der Waals surface area (Å²) >= 11 is 0. The van der Waals surface area contributed by atoms with Gasteiger partial charge in [0, 0.05) is 26.6 Å². The summed E-state index contributed by atoms with van der Waals surface area (Å²) in [5, 5.41) is 11.4. The second-order valence-corrected chi connectivity index (χ2v) is 3.41. The minimum absolute atomic E-state index is 0.154. The van der Waals surface area contributed by atoms with Crippen LogP contribution in [0.4, 0.5) is 4.79 Å². The first-order chi connectivity index (χ1) is 7.61. The van der Waals surface area contributed by atoms with Crippen molar-refractivity contribution in [3.63, 3.8) is 0 Å². The summed E-state index contributed by atoms with van der Waals surface area (Å²) in [5.41, 5.74) is 0. The highest BCUT2D eigenvalue weighted by Crippen LogP contribution is 1.97. The maximum absolute atomic E-state index is 11.2. The molecule has 0 unspecified atom stereocenters. The van der Waals surface area contributed by atoms with Crippen molar-refractivity contribution in [1.82, 2.24) is 10.2 Å². The Morgan fingerprint density at radius 2 is 2.06 bits per heavy atom. The zero-order valence-electron chi connectivity index (χ0n) is 9.86. The third-order valence-electron chi connectivity index (χ3n) is 2.07. The molecule has 6 heteroatoms. The van der Waals surface area contributed by atoms with Crippen LogP contribution in [0, 0.1) is 0 Å². The van der Waals surface area contributed by atoms with Crippen LogP contribution in [0.5, 0.6) is 0 Å². The number of carbonyl (C=O) groups excluding carboxylic acids is 1. The number of nitrogens with zero attached hydrogens (tertiary/aromatic N) is 1. The zero-order chi connectivity index (χ0) is 12.4. The molecule has 0 saturated heterocycles. The predicted molar refractivity (Wildman–Crippen MR) is 59.1 cm³/mol. The van der Waals surface area contributed by atoms with Gasteiger partial charge in [-0.1, -0.05) is 13.3 Å². The van der Waals surface area contributed by atoms with Crippen molar-refractivity contribution in [2.45, 2.75) is 26.2 Å². The van der Waals surface area contributed by atoms with Gasteiger partial charge in [-0.05, 0) is 6.42 Å². The van der Waals surface area contributed by atoms with Gasteiger partial charge in [0.1, 0.15) is 6.73 Å². The van der Waals surface area contributed by atoms with Gasteiger partial charge in [-0.2, -0.15) is 0 Å². The molecule has 0 aromatic rings. The second-order valence-electron chi connectivity index (χ2n) is 3.41. The SMILES string of the molecule is CCCCN(CCC(=O)NCOC)C(=O)O. The third kappa shape index (κ3) is 7.05. The molecule has 0 aromatic carbocycles. The summed E-state index contributed by atoms with van der Waals surface area (Å²) in [4.78, 5) is 23.3. The number of carbonyl (C=O) groups is 2. The van der Waals surface area contributed by atoms with E-state index >= 15 is 0 Å². The minimum Gasteiger partial charge on any atom is -0.465 e. The van der Waals surface area contributed by atoms with Gasteiger partial charge in [0.25, 0.3) is 0 Å². The van der Waals surface area contributed by atoms with E-state index < -0.39 is 6.09 Å². The van der Waals surface area contributed by atoms with E-state index in [0.29, 0.717) is 6.54 Å². The van der Waals surface area contributed by atoms with E-state index in [-0.39, 0.29) is 25.6 Å². The van der Waals surface area contributed by atoms with Gasteiger partial charge in [-0.25, -0.2) is 4.79 Å². The molecule has 0 aliphatic heterocycles. The molecule has 0 spiro atoms. The molecule has 0 bridgehead atoms. The summed E-state index contributed by atoms with van der Waals surface area (Å²) in [5.74, 6) is -0.204. The monoisotopic (exact) mass is 232 g/mol. The first kappa shape index (κ1) is 14.7. The number of methoxy groups -OCH3 is 1. The molecular weight excluding hydrogens is 212 g/mol. The van der Waals surface area contributed by atoms with Gasteiger partial charge in [0.2, 0.25) is 5.91 Å². The van der Waals surface area contributed by atoms with Crippen molar-refractivity contribution in [2.75, 3.05) is 26.9 Å². The lowest BCUT2D eigenvalue weighted by molar-refractivity contribution is -0.122. The topological polar surface area (TPSA) is 78.9 Å². The Morgan fingerprint density at radius 1 is 1.38 bits per heavy atom. The number of ether oxygens (including phenoxy) is 1. The maximum atomic E-state index is 11.2. The smallest absolute Gasteiger partial charge is 0.407 e. The number of unbranched alkanes of at least 4 members (excludes halogenated alkanes) is 1. The highest BCUT2D eigenvalue weighted by Gasteiger charge is 2.12. The highest BCUT2D eigenvalue weighted by atomic mass is 16.5. The number of hydrogen-bond donors (Lipinski definition) is 2. The summed E-state index contributed by atoms with van der Waals surface area (Å²) in [6, 6.07) is 0. The number of hydrogen-bond acceptors (Lipinski definition) is 3. The van der Waals surface area contributed by atoms with Gasteiger partial charge >= 0.3 is 6.09 Å². The lowest BCUT2D eigenvalue weighted by Gasteiger charge is -2.18. The van der Waals surface area contributed by atoms with E-state index in [1.807, 2.05) is 6.92 Å². The molecule has 0 radical (unpaired) electrons. The lowest BCUT2D eigenvalue weighted by atomic mass is 10.3. The van der Waals surface area contributed by atoms with Crippen LogP contribution in [0.25, 0.3) is 0 Å². The number of rotatable bonds is 8. The largest absolute Gasteiger partial charge is 0.465 e. The summed E-state index contributed by atoms with van der Waals surface area (Å²) < 4.78 is 4.67. The molecule has 6 nitrogen and oxygen atoms in total. The molecule has 0 aliphatic rings. The fourth-order valence-electron chi connectivity index (χ4n) is 1.13. The summed E-state index contributed by atoms with van der Waals surface area (Å²) in [7, 11) is 1.48. The van der Waals surface area contributed by atoms with Gasteiger partial charge < -0.3 is 20.1 Å². The number of carboxylic acid groups (broad SMARTS) is 1. The Balaban J connectivity index is 3.82.